The summed E-state index contributed by atoms with van der Waals surface area (Å²) in [6.07, 6.45) is 5.68. The van der Waals surface area contributed by atoms with Gasteiger partial charge in [-0.1, -0.05) is 74.8 Å². The summed E-state index contributed by atoms with van der Waals surface area (Å²) < 4.78 is 6.14. The topological polar surface area (TPSA) is 106 Å². The van der Waals surface area contributed by atoms with Crippen LogP contribution in [0.1, 0.15) is 51.2 Å². The van der Waals surface area contributed by atoms with Crippen LogP contribution in [0.15, 0.2) is 67.3 Å². The van der Waals surface area contributed by atoms with E-state index in [0.29, 0.717) is 19.5 Å². The largest absolute Gasteiger partial charge is 0.469 e. The zero-order valence-electron chi connectivity index (χ0n) is 22.7. The molecule has 1 aromatic heterocycles. The highest BCUT2D eigenvalue weighted by atomic mass is 35.5. The first-order chi connectivity index (χ1) is 18.0. The summed E-state index contributed by atoms with van der Waals surface area (Å²) in [6.45, 7) is 7.16. The number of halogens is 1. The quantitative estimate of drug-likeness (QED) is 0.342. The van der Waals surface area contributed by atoms with Gasteiger partial charge in [0.2, 0.25) is 5.91 Å². The number of carbonyl (C=O) groups excluding carboxylic acids is 2. The van der Waals surface area contributed by atoms with Crippen LogP contribution in [0.5, 0.6) is 0 Å². The molecule has 0 saturated heterocycles. The summed E-state index contributed by atoms with van der Waals surface area (Å²) in [5, 5.41) is 18.7. The molecule has 3 aromatic rings. The molecule has 1 atom stereocenters. The van der Waals surface area contributed by atoms with E-state index in [1.807, 2.05) is 75.4 Å². The zero-order chi connectivity index (χ0) is 28.0. The second-order valence-electron chi connectivity index (χ2n) is 10.2. The van der Waals surface area contributed by atoms with Crippen molar-refractivity contribution in [2.75, 3.05) is 13.7 Å². The third-order valence-corrected chi connectivity index (χ3v) is 6.64. The predicted molar refractivity (Wildman–Crippen MR) is 149 cm³/mol. The Bertz CT molecular complexity index is 1100. The Morgan fingerprint density at radius 1 is 1.00 bits per heavy atom. The Labute approximate surface area is 230 Å². The van der Waals surface area contributed by atoms with Crippen molar-refractivity contribution < 1.29 is 19.4 Å². The van der Waals surface area contributed by atoms with Crippen LogP contribution in [-0.2, 0) is 33.7 Å². The molecule has 0 aliphatic carbocycles. The van der Waals surface area contributed by atoms with Gasteiger partial charge in [-0.15, -0.1) is 0 Å². The molecule has 38 heavy (non-hydrogen) atoms. The molecule has 0 spiro atoms. The number of nitrogens with zero attached hydrogens (tertiary/aromatic N) is 3. The van der Waals surface area contributed by atoms with Crippen LogP contribution in [0.2, 0.25) is 5.02 Å². The average Bonchev–Trinajstić information content (AvgIpc) is 3.40. The van der Waals surface area contributed by atoms with E-state index in [1.165, 1.54) is 24.6 Å². The van der Waals surface area contributed by atoms with Crippen molar-refractivity contribution in [1.29, 1.82) is 0 Å². The van der Waals surface area contributed by atoms with Crippen LogP contribution in [0.25, 0.3) is 0 Å². The number of aryl methyl sites for hydroxylation is 1. The van der Waals surface area contributed by atoms with Gasteiger partial charge >= 0.3 is 5.97 Å². The summed E-state index contributed by atoms with van der Waals surface area (Å²) in [5.41, 5.74) is 1.23. The van der Waals surface area contributed by atoms with Crippen LogP contribution in [-0.4, -0.2) is 51.0 Å². The number of methoxy groups -OCH3 is 1. The number of aliphatic hydroxyl groups is 1. The third-order valence-electron chi connectivity index (χ3n) is 6.39. The number of ether oxygens (including phenoxy) is 1. The summed E-state index contributed by atoms with van der Waals surface area (Å²) in [6, 6.07) is 17.7. The minimum absolute atomic E-state index is 0.119. The van der Waals surface area contributed by atoms with Gasteiger partial charge < -0.3 is 15.2 Å². The second-order valence-corrected chi connectivity index (χ2v) is 10.6. The minimum atomic E-state index is -0.861. The van der Waals surface area contributed by atoms with Gasteiger partial charge in [-0.2, -0.15) is 5.10 Å². The Morgan fingerprint density at radius 2 is 1.66 bits per heavy atom. The summed E-state index contributed by atoms with van der Waals surface area (Å²) in [7, 11) is 1.32. The fraction of sp³-hybridized carbons (Fsp3) is 0.448. The van der Waals surface area contributed by atoms with E-state index >= 15 is 0 Å². The van der Waals surface area contributed by atoms with Crippen LogP contribution in [0.4, 0.5) is 0 Å². The normalized spacial score (nSPS) is 12.6. The maximum absolute atomic E-state index is 11.3. The fourth-order valence-corrected chi connectivity index (χ4v) is 3.80. The Balaban J connectivity index is 0.000000273. The van der Waals surface area contributed by atoms with Crippen molar-refractivity contribution in [3.05, 3.63) is 83.4 Å². The van der Waals surface area contributed by atoms with E-state index in [2.05, 4.69) is 20.1 Å². The molecule has 2 aromatic carbocycles. The number of nitrogens with one attached hydrogen (secondary N) is 1. The average molecular weight is 543 g/mol. The molecule has 0 radical (unpaired) electrons. The highest BCUT2D eigenvalue weighted by Gasteiger charge is 2.40. The Kier molecular flexibility index (Phi) is 12.4. The summed E-state index contributed by atoms with van der Waals surface area (Å²) in [4.78, 5) is 26.1. The van der Waals surface area contributed by atoms with Gasteiger partial charge in [0.25, 0.3) is 0 Å². The van der Waals surface area contributed by atoms with Gasteiger partial charge in [0.05, 0.1) is 25.7 Å². The molecule has 1 amide bonds. The molecule has 0 aliphatic heterocycles. The van der Waals surface area contributed by atoms with E-state index in [4.69, 9.17) is 11.6 Å². The fourth-order valence-electron chi connectivity index (χ4n) is 3.67. The molecule has 0 fully saturated rings. The van der Waals surface area contributed by atoms with E-state index in [-0.39, 0.29) is 30.1 Å². The molecule has 0 saturated carbocycles. The molecule has 206 valence electrons. The second kappa shape index (κ2) is 15.2. The number of amides is 1. The lowest BCUT2D eigenvalue weighted by molar-refractivity contribution is -0.142. The van der Waals surface area contributed by atoms with Crippen LogP contribution < -0.4 is 5.32 Å². The molecule has 1 heterocycles. The Morgan fingerprint density at radius 3 is 2.24 bits per heavy atom. The van der Waals surface area contributed by atoms with Crippen molar-refractivity contribution in [1.82, 2.24) is 20.1 Å². The van der Waals surface area contributed by atoms with Crippen molar-refractivity contribution in [3.63, 3.8) is 0 Å². The van der Waals surface area contributed by atoms with Gasteiger partial charge in [0, 0.05) is 18.0 Å². The highest BCUT2D eigenvalue weighted by molar-refractivity contribution is 6.30. The third kappa shape index (κ3) is 11.0. The van der Waals surface area contributed by atoms with Crippen LogP contribution in [0.3, 0.4) is 0 Å². The first-order valence-corrected chi connectivity index (χ1v) is 13.1. The van der Waals surface area contributed by atoms with Crippen LogP contribution >= 0.6 is 11.6 Å². The lowest BCUT2D eigenvalue weighted by atomic mass is 9.73. The number of esters is 1. The zero-order valence-corrected chi connectivity index (χ0v) is 23.4. The molecular formula is C29H39ClN4O4. The molecule has 0 bridgehead atoms. The lowest BCUT2D eigenvalue weighted by Crippen LogP contribution is -2.47. The van der Waals surface area contributed by atoms with Crippen molar-refractivity contribution in [2.24, 2.45) is 5.41 Å². The number of hydrogen-bond acceptors (Lipinski definition) is 6. The van der Waals surface area contributed by atoms with Crippen molar-refractivity contribution >= 4 is 23.5 Å². The molecule has 2 N–H and O–H groups in total. The molecule has 1 unspecified atom stereocenters. The first-order valence-electron chi connectivity index (χ1n) is 12.7. The van der Waals surface area contributed by atoms with Crippen molar-refractivity contribution in [3.8, 4) is 0 Å². The van der Waals surface area contributed by atoms with E-state index in [9.17, 15) is 14.7 Å². The maximum Gasteiger partial charge on any atom is 0.306 e. The Hall–Kier alpha value is -3.23. The number of hydrogen-bond donors (Lipinski definition) is 2. The van der Waals surface area contributed by atoms with E-state index < -0.39 is 5.60 Å². The molecule has 0 aliphatic rings. The first kappa shape index (κ1) is 31.0. The lowest BCUT2D eigenvalue weighted by Gasteiger charge is -2.40. The smallest absolute Gasteiger partial charge is 0.306 e. The highest BCUT2D eigenvalue weighted by Crippen LogP contribution is 2.35. The van der Waals surface area contributed by atoms with Gasteiger partial charge in [0.1, 0.15) is 12.7 Å². The van der Waals surface area contributed by atoms with E-state index in [0.717, 1.165) is 17.9 Å². The van der Waals surface area contributed by atoms with E-state index in [1.54, 1.807) is 11.0 Å². The van der Waals surface area contributed by atoms with Crippen LogP contribution in [0, 0.1) is 5.41 Å². The molecule has 9 heteroatoms. The number of carbonyl (C=O) groups is 2. The standard InChI is InChI=1S/C16H22ClN3O.C13H17NO3/c1-15(2,3)16(21,10-20-12-18-11-19-20)9-8-13-4-6-14(17)7-5-13;1-17-13(16)8-7-12(15)14-10-9-11-5-3-2-4-6-11/h4-7,11-12,21H,8-10H2,1-3H3;2-6H,7-10H2,1H3,(H,14,15). The predicted octanol–water partition coefficient (Wildman–Crippen LogP) is 4.64. The SMILES string of the molecule is CC(C)(C)C(O)(CCc1ccc(Cl)cc1)Cn1cncn1.COC(=O)CCC(=O)NCCc1ccccc1. The molecule has 3 rings (SSSR count). The van der Waals surface area contributed by atoms with Gasteiger partial charge in [0.15, 0.2) is 0 Å². The molecular weight excluding hydrogens is 504 g/mol. The van der Waals surface area contributed by atoms with Gasteiger partial charge in [-0.25, -0.2) is 4.98 Å². The summed E-state index contributed by atoms with van der Waals surface area (Å²) >= 11 is 5.90. The van der Waals surface area contributed by atoms with Gasteiger partial charge in [-0.05, 0) is 47.9 Å². The maximum atomic E-state index is 11.3. The monoisotopic (exact) mass is 542 g/mol. The number of aromatic nitrogens is 3. The van der Waals surface area contributed by atoms with Crippen molar-refractivity contribution in [2.45, 2.75) is 65.0 Å². The molecule has 8 nitrogen and oxygen atoms in total. The number of benzene rings is 2. The minimum Gasteiger partial charge on any atom is -0.469 e. The van der Waals surface area contributed by atoms with Gasteiger partial charge in [-0.3, -0.25) is 14.3 Å². The summed E-state index contributed by atoms with van der Waals surface area (Å²) in [5.74, 6) is -0.477. The number of rotatable bonds is 11.